The highest BCUT2D eigenvalue weighted by Gasteiger charge is 2.13. The highest BCUT2D eigenvalue weighted by molar-refractivity contribution is 5.94. The zero-order valence-electron chi connectivity index (χ0n) is 7.00. The maximum Gasteiger partial charge on any atom is 0.292 e. The number of carbonyl (C=O) groups excluding carboxylic acids is 1. The molecule has 1 aliphatic rings. The van der Waals surface area contributed by atoms with Crippen molar-refractivity contribution < 1.29 is 4.79 Å². The molecule has 1 amide bonds. The number of hydrogen-bond donors (Lipinski definition) is 2. The lowest BCUT2D eigenvalue weighted by atomic mass is 10.2. The molecule has 0 aliphatic carbocycles. The third-order valence-corrected chi connectivity index (χ3v) is 1.65. The molecule has 0 saturated carbocycles. The van der Waals surface area contributed by atoms with E-state index in [4.69, 9.17) is 5.73 Å². The van der Waals surface area contributed by atoms with Crippen LogP contribution in [0.25, 0.3) is 0 Å². The molecule has 66 valence electrons. The predicted molar refractivity (Wildman–Crippen MR) is 44.5 cm³/mol. The summed E-state index contributed by atoms with van der Waals surface area (Å²) in [5.41, 5.74) is 6.77. The van der Waals surface area contributed by atoms with E-state index in [9.17, 15) is 4.79 Å². The molecule has 0 aromatic carbocycles. The molecule has 0 aromatic rings. The van der Waals surface area contributed by atoms with Crippen molar-refractivity contribution >= 4 is 5.91 Å². The van der Waals surface area contributed by atoms with Crippen molar-refractivity contribution in [2.24, 2.45) is 16.0 Å². The molecule has 1 rings (SSSR count). The molecule has 0 spiro atoms. The first kappa shape index (κ1) is 8.86. The van der Waals surface area contributed by atoms with Crippen molar-refractivity contribution in [1.82, 2.24) is 5.32 Å². The van der Waals surface area contributed by atoms with Crippen molar-refractivity contribution in [2.75, 3.05) is 19.6 Å². The Kier molecular flexibility index (Phi) is 2.93. The summed E-state index contributed by atoms with van der Waals surface area (Å²) in [6, 6.07) is 0. The monoisotopic (exact) mass is 168 g/mol. The molecule has 0 unspecified atom stereocenters. The topological polar surface area (TPSA) is 79.8 Å². The van der Waals surface area contributed by atoms with Crippen molar-refractivity contribution in [2.45, 2.75) is 6.92 Å². The van der Waals surface area contributed by atoms with Crippen molar-refractivity contribution in [3.63, 3.8) is 0 Å². The van der Waals surface area contributed by atoms with Gasteiger partial charge in [-0.1, -0.05) is 0 Å². The van der Waals surface area contributed by atoms with Crippen LogP contribution in [0.4, 0.5) is 0 Å². The fraction of sp³-hybridized carbons (Fsp3) is 0.571. The number of carbonyl (C=O) groups is 1. The van der Waals surface area contributed by atoms with Gasteiger partial charge in [0.1, 0.15) is 6.54 Å². The van der Waals surface area contributed by atoms with Crippen LogP contribution in [0.1, 0.15) is 6.92 Å². The molecule has 0 fully saturated rings. The molecule has 1 aliphatic heterocycles. The van der Waals surface area contributed by atoms with E-state index in [1.54, 1.807) is 6.92 Å². The summed E-state index contributed by atoms with van der Waals surface area (Å²) in [7, 11) is 0. The Morgan fingerprint density at radius 3 is 3.08 bits per heavy atom. The fourth-order valence-electron chi connectivity index (χ4n) is 0.904. The highest BCUT2D eigenvalue weighted by Crippen LogP contribution is 2.09. The number of nitrogens with one attached hydrogen (secondary N) is 1. The smallest absolute Gasteiger partial charge is 0.292 e. The number of hydrogen-bond acceptors (Lipinski definition) is 4. The minimum absolute atomic E-state index is 0.263. The van der Waals surface area contributed by atoms with Gasteiger partial charge in [0.05, 0.1) is 0 Å². The number of nitrogens with zero attached hydrogens (tertiary/aromatic N) is 2. The number of rotatable bonds is 3. The molecule has 12 heavy (non-hydrogen) atoms. The molecular weight excluding hydrogens is 156 g/mol. The van der Waals surface area contributed by atoms with Gasteiger partial charge in [0.15, 0.2) is 0 Å². The van der Waals surface area contributed by atoms with E-state index in [0.717, 1.165) is 5.70 Å². The van der Waals surface area contributed by atoms with E-state index in [1.165, 1.54) is 0 Å². The summed E-state index contributed by atoms with van der Waals surface area (Å²) in [6.07, 6.45) is 0. The highest BCUT2D eigenvalue weighted by atomic mass is 16.1. The number of azo groups is 1. The van der Waals surface area contributed by atoms with E-state index in [2.05, 4.69) is 15.5 Å². The standard InChI is InChI=1S/C7H12N4O/c1-5-6(9-3-2-8)4-10-11-7(5)12/h9H,2-4,8H2,1H3. The van der Waals surface area contributed by atoms with Crippen LogP contribution < -0.4 is 11.1 Å². The lowest BCUT2D eigenvalue weighted by molar-refractivity contribution is -0.115. The van der Waals surface area contributed by atoms with Crippen LogP contribution in [0.2, 0.25) is 0 Å². The minimum Gasteiger partial charge on any atom is -0.385 e. The molecule has 3 N–H and O–H groups in total. The minimum atomic E-state index is -0.263. The van der Waals surface area contributed by atoms with Crippen molar-refractivity contribution in [3.8, 4) is 0 Å². The Labute approximate surface area is 70.7 Å². The van der Waals surface area contributed by atoms with Crippen LogP contribution in [0.15, 0.2) is 21.5 Å². The van der Waals surface area contributed by atoms with Gasteiger partial charge in [0.25, 0.3) is 5.91 Å². The van der Waals surface area contributed by atoms with Gasteiger partial charge in [0, 0.05) is 24.4 Å². The van der Waals surface area contributed by atoms with Crippen molar-refractivity contribution in [3.05, 3.63) is 11.3 Å². The Hall–Kier alpha value is -1.23. The summed E-state index contributed by atoms with van der Waals surface area (Å²) in [5, 5.41) is 10.1. The van der Waals surface area contributed by atoms with Crippen LogP contribution in [0.5, 0.6) is 0 Å². The normalized spacial score (nSPS) is 17.0. The molecule has 0 radical (unpaired) electrons. The largest absolute Gasteiger partial charge is 0.385 e. The Morgan fingerprint density at radius 2 is 2.42 bits per heavy atom. The van der Waals surface area contributed by atoms with E-state index in [0.29, 0.717) is 25.2 Å². The van der Waals surface area contributed by atoms with E-state index < -0.39 is 0 Å². The molecule has 5 heteroatoms. The maximum atomic E-state index is 11.0. The fourth-order valence-corrected chi connectivity index (χ4v) is 0.904. The van der Waals surface area contributed by atoms with Crippen LogP contribution in [-0.4, -0.2) is 25.5 Å². The Morgan fingerprint density at radius 1 is 1.67 bits per heavy atom. The van der Waals surface area contributed by atoms with Crippen LogP contribution in [0, 0.1) is 0 Å². The maximum absolute atomic E-state index is 11.0. The van der Waals surface area contributed by atoms with Crippen LogP contribution in [0.3, 0.4) is 0 Å². The lowest BCUT2D eigenvalue weighted by Gasteiger charge is -2.12. The lowest BCUT2D eigenvalue weighted by Crippen LogP contribution is -2.26. The van der Waals surface area contributed by atoms with Crippen LogP contribution >= 0.6 is 0 Å². The first-order valence-electron chi connectivity index (χ1n) is 3.81. The summed E-state index contributed by atoms with van der Waals surface area (Å²) < 4.78 is 0. The Balaban J connectivity index is 2.61. The predicted octanol–water partition coefficient (Wildman–Crippen LogP) is -0.199. The quantitative estimate of drug-likeness (QED) is 0.612. The van der Waals surface area contributed by atoms with Gasteiger partial charge in [-0.15, -0.1) is 5.11 Å². The second-order valence-electron chi connectivity index (χ2n) is 2.52. The van der Waals surface area contributed by atoms with Gasteiger partial charge in [-0.3, -0.25) is 4.79 Å². The molecule has 0 saturated heterocycles. The summed E-state index contributed by atoms with van der Waals surface area (Å²) in [4.78, 5) is 11.0. The Bertz CT molecular complexity index is 244. The summed E-state index contributed by atoms with van der Waals surface area (Å²) >= 11 is 0. The zero-order chi connectivity index (χ0) is 8.97. The average molecular weight is 168 g/mol. The molecule has 0 bridgehead atoms. The second kappa shape index (κ2) is 3.96. The van der Waals surface area contributed by atoms with Gasteiger partial charge in [-0.2, -0.15) is 5.11 Å². The SMILES string of the molecule is CC1=C(NCCN)CN=NC1=O. The molecule has 1 heterocycles. The van der Waals surface area contributed by atoms with E-state index >= 15 is 0 Å². The zero-order valence-corrected chi connectivity index (χ0v) is 7.00. The van der Waals surface area contributed by atoms with Crippen LogP contribution in [-0.2, 0) is 4.79 Å². The third-order valence-electron chi connectivity index (χ3n) is 1.65. The first-order valence-corrected chi connectivity index (χ1v) is 3.81. The molecule has 0 atom stereocenters. The second-order valence-corrected chi connectivity index (χ2v) is 2.52. The van der Waals surface area contributed by atoms with Gasteiger partial charge in [-0.05, 0) is 6.92 Å². The summed E-state index contributed by atoms with van der Waals surface area (Å²) in [5.74, 6) is -0.263. The molecule has 0 aromatic heterocycles. The average Bonchev–Trinajstić information content (AvgIpc) is 2.08. The van der Waals surface area contributed by atoms with Gasteiger partial charge >= 0.3 is 0 Å². The van der Waals surface area contributed by atoms with E-state index in [-0.39, 0.29) is 5.91 Å². The summed E-state index contributed by atoms with van der Waals surface area (Å²) in [6.45, 7) is 3.40. The molecule has 5 nitrogen and oxygen atoms in total. The number of amides is 1. The molecular formula is C7H12N4O. The number of nitrogens with two attached hydrogens (primary N) is 1. The van der Waals surface area contributed by atoms with Crippen molar-refractivity contribution in [1.29, 1.82) is 0 Å². The van der Waals surface area contributed by atoms with Gasteiger partial charge < -0.3 is 11.1 Å². The van der Waals surface area contributed by atoms with E-state index in [1.807, 2.05) is 0 Å². The first-order chi connectivity index (χ1) is 5.75. The van der Waals surface area contributed by atoms with Gasteiger partial charge in [-0.25, -0.2) is 0 Å². The van der Waals surface area contributed by atoms with Gasteiger partial charge in [0.2, 0.25) is 0 Å². The third kappa shape index (κ3) is 1.88.